The van der Waals surface area contributed by atoms with Crippen LogP contribution in [0.3, 0.4) is 0 Å². The number of carbonyl (C=O) groups is 2. The van der Waals surface area contributed by atoms with Crippen LogP contribution >= 0.6 is 23.2 Å². The van der Waals surface area contributed by atoms with Gasteiger partial charge in [0.2, 0.25) is 0 Å². The molecule has 0 aliphatic carbocycles. The van der Waals surface area contributed by atoms with Crippen molar-refractivity contribution in [3.05, 3.63) is 64.3 Å². The molecule has 0 radical (unpaired) electrons. The number of halogens is 2. The standard InChI is InChI=1S/C20H18Cl2N2O3/c1-12(20(26)24-18-8-7-14(21)10-16(18)22)27-19(25)9-6-13-11-23-17-5-3-2-4-15(13)17/h2-5,7-8,10-12,23H,6,9H2,1H3,(H,24,26). The summed E-state index contributed by atoms with van der Waals surface area (Å²) in [5.41, 5.74) is 2.47. The summed E-state index contributed by atoms with van der Waals surface area (Å²) in [7, 11) is 0. The fourth-order valence-electron chi connectivity index (χ4n) is 2.71. The fraction of sp³-hybridized carbons (Fsp3) is 0.200. The minimum absolute atomic E-state index is 0.182. The van der Waals surface area contributed by atoms with Crippen LogP contribution in [0, 0.1) is 0 Å². The molecule has 1 amide bonds. The van der Waals surface area contributed by atoms with E-state index in [1.807, 2.05) is 30.5 Å². The minimum Gasteiger partial charge on any atom is -0.453 e. The zero-order valence-corrected chi connectivity index (χ0v) is 16.1. The minimum atomic E-state index is -0.938. The van der Waals surface area contributed by atoms with Gasteiger partial charge in [-0.3, -0.25) is 9.59 Å². The number of nitrogens with one attached hydrogen (secondary N) is 2. The van der Waals surface area contributed by atoms with Gasteiger partial charge in [-0.15, -0.1) is 0 Å². The molecule has 0 saturated carbocycles. The lowest BCUT2D eigenvalue weighted by Crippen LogP contribution is -2.30. The Morgan fingerprint density at radius 1 is 1.19 bits per heavy atom. The number of carbonyl (C=O) groups excluding carboxylic acids is 2. The highest BCUT2D eigenvalue weighted by molar-refractivity contribution is 6.36. The summed E-state index contributed by atoms with van der Waals surface area (Å²) >= 11 is 11.9. The zero-order chi connectivity index (χ0) is 19.4. The molecule has 2 N–H and O–H groups in total. The number of hydrogen-bond donors (Lipinski definition) is 2. The largest absolute Gasteiger partial charge is 0.453 e. The molecule has 2 aromatic carbocycles. The van der Waals surface area contributed by atoms with Crippen molar-refractivity contribution in [1.82, 2.24) is 4.98 Å². The van der Waals surface area contributed by atoms with Crippen molar-refractivity contribution in [1.29, 1.82) is 0 Å². The summed E-state index contributed by atoms with van der Waals surface area (Å²) in [6.07, 6.45) is 1.66. The van der Waals surface area contributed by atoms with Crippen molar-refractivity contribution >= 4 is 51.7 Å². The lowest BCUT2D eigenvalue weighted by Gasteiger charge is -2.14. The van der Waals surface area contributed by atoms with E-state index in [1.165, 1.54) is 13.0 Å². The highest BCUT2D eigenvalue weighted by atomic mass is 35.5. The van der Waals surface area contributed by atoms with Crippen molar-refractivity contribution in [3.8, 4) is 0 Å². The molecule has 0 saturated heterocycles. The first-order valence-corrected chi connectivity index (χ1v) is 9.20. The maximum Gasteiger partial charge on any atom is 0.306 e. The van der Waals surface area contributed by atoms with Crippen LogP contribution < -0.4 is 5.32 Å². The summed E-state index contributed by atoms with van der Waals surface area (Å²) in [6.45, 7) is 1.52. The second-order valence-electron chi connectivity index (χ2n) is 6.11. The molecular weight excluding hydrogens is 387 g/mol. The number of fused-ring (bicyclic) bond motifs is 1. The number of rotatable bonds is 6. The molecule has 5 nitrogen and oxygen atoms in total. The number of aromatic amines is 1. The van der Waals surface area contributed by atoms with E-state index in [1.54, 1.807) is 12.1 Å². The number of para-hydroxylation sites is 1. The number of benzene rings is 2. The number of hydrogen-bond acceptors (Lipinski definition) is 3. The van der Waals surface area contributed by atoms with Crippen molar-refractivity contribution in [2.24, 2.45) is 0 Å². The van der Waals surface area contributed by atoms with Gasteiger partial charge < -0.3 is 15.0 Å². The Kier molecular flexibility index (Phi) is 6.04. The van der Waals surface area contributed by atoms with E-state index in [-0.39, 0.29) is 6.42 Å². The molecule has 1 atom stereocenters. The van der Waals surface area contributed by atoms with Gasteiger partial charge in [0.1, 0.15) is 0 Å². The summed E-state index contributed by atoms with van der Waals surface area (Å²) in [5.74, 6) is -0.898. The Balaban J connectivity index is 1.53. The zero-order valence-electron chi connectivity index (χ0n) is 14.6. The van der Waals surface area contributed by atoms with Gasteiger partial charge in [-0.1, -0.05) is 41.4 Å². The first-order valence-electron chi connectivity index (χ1n) is 8.44. The number of anilines is 1. The highest BCUT2D eigenvalue weighted by Crippen LogP contribution is 2.25. The first-order chi connectivity index (χ1) is 12.9. The predicted octanol–water partition coefficient (Wildman–Crippen LogP) is 4.98. The molecule has 1 aromatic heterocycles. The Hall–Kier alpha value is -2.50. The normalized spacial score (nSPS) is 12.0. The summed E-state index contributed by atoms with van der Waals surface area (Å²) < 4.78 is 5.23. The van der Waals surface area contributed by atoms with Gasteiger partial charge >= 0.3 is 5.97 Å². The molecule has 0 aliphatic heterocycles. The molecule has 1 unspecified atom stereocenters. The Bertz CT molecular complexity index is 984. The van der Waals surface area contributed by atoms with Crippen LogP contribution in [0.1, 0.15) is 18.9 Å². The quantitative estimate of drug-likeness (QED) is 0.569. The monoisotopic (exact) mass is 404 g/mol. The van der Waals surface area contributed by atoms with E-state index in [2.05, 4.69) is 10.3 Å². The van der Waals surface area contributed by atoms with Crippen LogP contribution in [0.15, 0.2) is 48.7 Å². The highest BCUT2D eigenvalue weighted by Gasteiger charge is 2.19. The molecule has 140 valence electrons. The lowest BCUT2D eigenvalue weighted by atomic mass is 10.1. The predicted molar refractivity (Wildman–Crippen MR) is 107 cm³/mol. The van der Waals surface area contributed by atoms with E-state index >= 15 is 0 Å². The van der Waals surface area contributed by atoms with E-state index in [9.17, 15) is 9.59 Å². The molecule has 27 heavy (non-hydrogen) atoms. The smallest absolute Gasteiger partial charge is 0.306 e. The van der Waals surface area contributed by atoms with Crippen molar-refractivity contribution in [3.63, 3.8) is 0 Å². The average Bonchev–Trinajstić information content (AvgIpc) is 3.05. The molecule has 1 heterocycles. The second-order valence-corrected chi connectivity index (χ2v) is 6.95. The summed E-state index contributed by atoms with van der Waals surface area (Å²) in [5, 5.41) is 4.48. The van der Waals surface area contributed by atoms with Crippen molar-refractivity contribution in [2.75, 3.05) is 5.32 Å². The molecule has 7 heteroatoms. The Labute approximate surface area is 166 Å². The van der Waals surface area contributed by atoms with Gasteiger partial charge in [-0.25, -0.2) is 0 Å². The van der Waals surface area contributed by atoms with Gasteiger partial charge in [0.25, 0.3) is 5.91 Å². The SMILES string of the molecule is CC(OC(=O)CCc1c[nH]c2ccccc12)C(=O)Nc1ccc(Cl)cc1Cl. The topological polar surface area (TPSA) is 71.2 Å². The van der Waals surface area contributed by atoms with Gasteiger partial charge in [-0.2, -0.15) is 0 Å². The van der Waals surface area contributed by atoms with Crippen LogP contribution in [0.5, 0.6) is 0 Å². The Morgan fingerprint density at radius 2 is 1.96 bits per heavy atom. The first kappa shape index (κ1) is 19.3. The van der Waals surface area contributed by atoms with E-state index in [0.29, 0.717) is 22.2 Å². The molecule has 0 fully saturated rings. The number of ether oxygens (including phenoxy) is 1. The number of amides is 1. The number of aryl methyl sites for hydroxylation is 1. The number of esters is 1. The number of aromatic nitrogens is 1. The lowest BCUT2D eigenvalue weighted by molar-refractivity contribution is -0.153. The molecule has 3 rings (SSSR count). The molecule has 0 aliphatic rings. The van der Waals surface area contributed by atoms with Gasteiger partial charge in [0, 0.05) is 28.5 Å². The molecular formula is C20H18Cl2N2O3. The van der Waals surface area contributed by atoms with E-state index in [4.69, 9.17) is 27.9 Å². The third-order valence-corrected chi connectivity index (χ3v) is 4.69. The number of H-pyrrole nitrogens is 1. The van der Waals surface area contributed by atoms with Crippen LogP contribution in [-0.4, -0.2) is 23.0 Å². The Morgan fingerprint density at radius 3 is 2.74 bits per heavy atom. The van der Waals surface area contributed by atoms with E-state index < -0.39 is 18.0 Å². The average molecular weight is 405 g/mol. The van der Waals surface area contributed by atoms with Crippen molar-refractivity contribution < 1.29 is 14.3 Å². The summed E-state index contributed by atoms with van der Waals surface area (Å²) in [6, 6.07) is 12.6. The van der Waals surface area contributed by atoms with Gasteiger partial charge in [0.05, 0.1) is 10.7 Å². The molecule has 0 spiro atoms. The van der Waals surface area contributed by atoms with E-state index in [0.717, 1.165) is 16.5 Å². The second kappa shape index (κ2) is 8.46. The third-order valence-electron chi connectivity index (χ3n) is 4.14. The summed E-state index contributed by atoms with van der Waals surface area (Å²) in [4.78, 5) is 27.5. The van der Waals surface area contributed by atoms with Crippen LogP contribution in [0.2, 0.25) is 10.0 Å². The van der Waals surface area contributed by atoms with Crippen LogP contribution in [0.4, 0.5) is 5.69 Å². The maximum atomic E-state index is 12.2. The molecule has 0 bridgehead atoms. The van der Waals surface area contributed by atoms with Crippen LogP contribution in [0.25, 0.3) is 10.9 Å². The van der Waals surface area contributed by atoms with Crippen molar-refractivity contribution in [2.45, 2.75) is 25.9 Å². The third kappa shape index (κ3) is 4.81. The molecule has 3 aromatic rings. The fourth-order valence-corrected chi connectivity index (χ4v) is 3.17. The maximum absolute atomic E-state index is 12.2. The van der Waals surface area contributed by atoms with Gasteiger partial charge in [-0.05, 0) is 43.2 Å². The van der Waals surface area contributed by atoms with Gasteiger partial charge in [0.15, 0.2) is 6.10 Å². The van der Waals surface area contributed by atoms with Crippen LogP contribution in [-0.2, 0) is 20.7 Å².